The van der Waals surface area contributed by atoms with Gasteiger partial charge in [-0.25, -0.2) is 13.1 Å². The first-order valence-corrected chi connectivity index (χ1v) is 9.92. The van der Waals surface area contributed by atoms with Crippen LogP contribution in [0.5, 0.6) is 0 Å². The summed E-state index contributed by atoms with van der Waals surface area (Å²) in [5.41, 5.74) is 0. The van der Waals surface area contributed by atoms with Gasteiger partial charge in [-0.05, 0) is 19.3 Å². The van der Waals surface area contributed by atoms with E-state index in [0.717, 1.165) is 11.6 Å². The molecule has 2 N–H and O–H groups in total. The third kappa shape index (κ3) is 5.59. The van der Waals surface area contributed by atoms with Gasteiger partial charge in [0, 0.05) is 30.8 Å². The van der Waals surface area contributed by atoms with Gasteiger partial charge in [-0.2, -0.15) is 0 Å². The van der Waals surface area contributed by atoms with Crippen LogP contribution in [0, 0.1) is 0 Å². The van der Waals surface area contributed by atoms with Crippen LogP contribution in [0.25, 0.3) is 0 Å². The van der Waals surface area contributed by atoms with E-state index in [9.17, 15) is 13.2 Å². The fourth-order valence-corrected chi connectivity index (χ4v) is 4.91. The monoisotopic (exact) mass is 357 g/mol. The zero-order valence-electron chi connectivity index (χ0n) is 12.2. The number of nitrogens with one attached hydrogen (secondary N) is 2. The second-order valence-electron chi connectivity index (χ2n) is 5.31. The molecule has 0 radical (unpaired) electrons. The Bertz CT molecular complexity index is 433. The maximum atomic E-state index is 12.2. The maximum absolute atomic E-state index is 12.2. The summed E-state index contributed by atoms with van der Waals surface area (Å²) in [7, 11) is -3.15. The molecule has 0 aromatic carbocycles. The second-order valence-corrected chi connectivity index (χ2v) is 8.21. The third-order valence-electron chi connectivity index (χ3n) is 3.64. The molecule has 21 heavy (non-hydrogen) atoms. The normalized spacial score (nSPS) is 23.9. The van der Waals surface area contributed by atoms with Crippen molar-refractivity contribution in [2.24, 2.45) is 0 Å². The van der Waals surface area contributed by atoms with E-state index in [1.54, 1.807) is 11.8 Å². The minimum Gasteiger partial charge on any atom is -0.341 e. The molecule has 0 aliphatic carbocycles. The number of carbonyl (C=O) groups is 1. The Labute approximate surface area is 137 Å². The number of hydrogen-bond donors (Lipinski definition) is 2. The highest BCUT2D eigenvalue weighted by Crippen LogP contribution is 2.16. The number of carbonyl (C=O) groups excluding carboxylic acids is 1. The predicted molar refractivity (Wildman–Crippen MR) is 88.3 cm³/mol. The van der Waals surface area contributed by atoms with Gasteiger partial charge in [-0.3, -0.25) is 10.1 Å². The van der Waals surface area contributed by atoms with Gasteiger partial charge in [-0.15, -0.1) is 24.2 Å². The maximum Gasteiger partial charge on any atom is 0.240 e. The van der Waals surface area contributed by atoms with Crippen LogP contribution in [0.1, 0.15) is 26.2 Å². The van der Waals surface area contributed by atoms with Gasteiger partial charge in [0.05, 0.1) is 11.8 Å². The van der Waals surface area contributed by atoms with E-state index in [4.69, 9.17) is 0 Å². The fourth-order valence-electron chi connectivity index (χ4n) is 2.57. The van der Waals surface area contributed by atoms with Crippen LogP contribution < -0.4 is 10.0 Å². The summed E-state index contributed by atoms with van der Waals surface area (Å²) in [5.74, 6) is 2.01. The first-order valence-electron chi connectivity index (χ1n) is 7.12. The van der Waals surface area contributed by atoms with Crippen molar-refractivity contribution in [2.45, 2.75) is 38.3 Å². The smallest absolute Gasteiger partial charge is 0.240 e. The Hall–Kier alpha value is -0.0200. The van der Waals surface area contributed by atoms with Crippen LogP contribution in [0.15, 0.2) is 0 Å². The van der Waals surface area contributed by atoms with E-state index in [-0.39, 0.29) is 36.2 Å². The molecule has 1 amide bonds. The molecular weight excluding hydrogens is 334 g/mol. The number of likely N-dealkylation sites (tertiary alicyclic amines) is 1. The van der Waals surface area contributed by atoms with Crippen molar-refractivity contribution in [1.82, 2.24) is 14.9 Å². The molecule has 2 heterocycles. The number of amides is 1. The Morgan fingerprint density at radius 2 is 2.05 bits per heavy atom. The lowest BCUT2D eigenvalue weighted by molar-refractivity contribution is -0.133. The van der Waals surface area contributed by atoms with E-state index < -0.39 is 10.0 Å². The predicted octanol–water partition coefficient (Wildman–Crippen LogP) is 0.391. The van der Waals surface area contributed by atoms with Crippen LogP contribution in [-0.4, -0.2) is 61.8 Å². The van der Waals surface area contributed by atoms with Crippen LogP contribution in [0.4, 0.5) is 0 Å². The average molecular weight is 358 g/mol. The summed E-state index contributed by atoms with van der Waals surface area (Å²) in [6.45, 7) is 3.13. The molecule has 0 aromatic rings. The Morgan fingerprint density at radius 3 is 2.57 bits per heavy atom. The SMILES string of the molecule is CCCS(=O)(=O)NC1CCN(C(=O)C2CSCN2)CC1.Cl. The average Bonchev–Trinajstić information content (AvgIpc) is 2.92. The van der Waals surface area contributed by atoms with Crippen LogP contribution in [0.2, 0.25) is 0 Å². The first-order chi connectivity index (χ1) is 9.52. The summed E-state index contributed by atoms with van der Waals surface area (Å²) >= 11 is 1.74. The summed E-state index contributed by atoms with van der Waals surface area (Å²) < 4.78 is 26.2. The highest BCUT2D eigenvalue weighted by Gasteiger charge is 2.31. The molecule has 124 valence electrons. The summed E-state index contributed by atoms with van der Waals surface area (Å²) in [6, 6.07) is -0.0881. The number of rotatable bonds is 5. The molecule has 2 saturated heterocycles. The molecule has 2 aliphatic rings. The molecule has 2 fully saturated rings. The van der Waals surface area contributed by atoms with E-state index in [1.165, 1.54) is 0 Å². The van der Waals surface area contributed by atoms with E-state index in [2.05, 4.69) is 10.0 Å². The number of halogens is 1. The zero-order chi connectivity index (χ0) is 14.6. The van der Waals surface area contributed by atoms with Gasteiger partial charge >= 0.3 is 0 Å². The minimum atomic E-state index is -3.15. The van der Waals surface area contributed by atoms with Crippen LogP contribution in [0.3, 0.4) is 0 Å². The van der Waals surface area contributed by atoms with E-state index >= 15 is 0 Å². The molecule has 1 unspecified atom stereocenters. The van der Waals surface area contributed by atoms with Crippen LogP contribution >= 0.6 is 24.2 Å². The number of piperidine rings is 1. The van der Waals surface area contributed by atoms with Gasteiger partial charge in [0.1, 0.15) is 0 Å². The lowest BCUT2D eigenvalue weighted by Crippen LogP contribution is -2.51. The van der Waals surface area contributed by atoms with Crippen molar-refractivity contribution >= 4 is 40.1 Å². The lowest BCUT2D eigenvalue weighted by Gasteiger charge is -2.33. The van der Waals surface area contributed by atoms with Crippen molar-refractivity contribution in [2.75, 3.05) is 30.5 Å². The molecule has 9 heteroatoms. The van der Waals surface area contributed by atoms with Crippen molar-refractivity contribution in [3.63, 3.8) is 0 Å². The summed E-state index contributed by atoms with van der Waals surface area (Å²) in [4.78, 5) is 14.1. The second kappa shape index (κ2) is 8.57. The van der Waals surface area contributed by atoms with Gasteiger partial charge in [0.25, 0.3) is 0 Å². The number of sulfonamides is 1. The first kappa shape index (κ1) is 19.0. The Kier molecular flexibility index (Phi) is 7.77. The molecule has 6 nitrogen and oxygen atoms in total. The van der Waals surface area contributed by atoms with Crippen LogP contribution in [-0.2, 0) is 14.8 Å². The molecule has 0 saturated carbocycles. The number of hydrogen-bond acceptors (Lipinski definition) is 5. The van der Waals surface area contributed by atoms with Crippen molar-refractivity contribution in [1.29, 1.82) is 0 Å². The summed E-state index contributed by atoms with van der Waals surface area (Å²) in [5, 5.41) is 3.18. The van der Waals surface area contributed by atoms with Crippen molar-refractivity contribution in [3.8, 4) is 0 Å². The van der Waals surface area contributed by atoms with Crippen molar-refractivity contribution < 1.29 is 13.2 Å². The Balaban J connectivity index is 0.00000220. The highest BCUT2D eigenvalue weighted by atomic mass is 35.5. The van der Waals surface area contributed by atoms with E-state index in [1.807, 2.05) is 11.8 Å². The van der Waals surface area contributed by atoms with Crippen molar-refractivity contribution in [3.05, 3.63) is 0 Å². The topological polar surface area (TPSA) is 78.5 Å². The minimum absolute atomic E-state index is 0. The molecular formula is C12H24ClN3O3S2. The zero-order valence-corrected chi connectivity index (χ0v) is 14.7. The fraction of sp³-hybridized carbons (Fsp3) is 0.917. The highest BCUT2D eigenvalue weighted by molar-refractivity contribution is 7.99. The van der Waals surface area contributed by atoms with Gasteiger partial charge in [0.2, 0.25) is 15.9 Å². The van der Waals surface area contributed by atoms with Gasteiger partial charge < -0.3 is 4.90 Å². The van der Waals surface area contributed by atoms with E-state index in [0.29, 0.717) is 32.4 Å². The summed E-state index contributed by atoms with van der Waals surface area (Å²) in [6.07, 6.45) is 2.03. The number of nitrogens with zero attached hydrogens (tertiary/aromatic N) is 1. The standard InChI is InChI=1S/C12H23N3O3S2.ClH/c1-2-7-20(17,18)14-10-3-5-15(6-4-10)12(16)11-8-19-9-13-11;/h10-11,13-14H,2-9H2,1H3;1H. The molecule has 1 atom stereocenters. The largest absolute Gasteiger partial charge is 0.341 e. The third-order valence-corrected chi connectivity index (χ3v) is 6.22. The quantitative estimate of drug-likeness (QED) is 0.744. The molecule has 0 aromatic heterocycles. The molecule has 2 aliphatic heterocycles. The molecule has 2 rings (SSSR count). The van der Waals surface area contributed by atoms with Gasteiger partial charge in [0.15, 0.2) is 0 Å². The lowest BCUT2D eigenvalue weighted by atomic mass is 10.1. The van der Waals surface area contributed by atoms with Gasteiger partial charge in [-0.1, -0.05) is 6.92 Å². The number of thioether (sulfide) groups is 1. The molecule has 0 bridgehead atoms. The Morgan fingerprint density at radius 1 is 1.38 bits per heavy atom. The molecule has 0 spiro atoms.